The fourth-order valence-corrected chi connectivity index (χ4v) is 1.99. The van der Waals surface area contributed by atoms with Crippen LogP contribution in [-0.4, -0.2) is 18.4 Å². The molecule has 2 fully saturated rings. The molecule has 1 heterocycles. The van der Waals surface area contributed by atoms with Crippen molar-refractivity contribution < 1.29 is 4.79 Å². The number of rotatable bonds is 1. The first kappa shape index (κ1) is 10.0. The van der Waals surface area contributed by atoms with Crippen LogP contribution >= 0.6 is 12.4 Å². The average Bonchev–Trinajstić information content (AvgIpc) is 1.90. The van der Waals surface area contributed by atoms with Crippen molar-refractivity contribution >= 4 is 18.2 Å². The molecule has 70 valence electrons. The van der Waals surface area contributed by atoms with E-state index in [0.717, 1.165) is 19.4 Å². The number of halogens is 1. The van der Waals surface area contributed by atoms with Crippen molar-refractivity contribution in [2.75, 3.05) is 6.54 Å². The second kappa shape index (κ2) is 4.24. The number of Topliss-reactive ketones (excluding diaryl/α,β-unsaturated/α-hetero) is 1. The van der Waals surface area contributed by atoms with Crippen LogP contribution in [0, 0.1) is 5.92 Å². The Hall–Kier alpha value is -0.0800. The van der Waals surface area contributed by atoms with Gasteiger partial charge in [-0.3, -0.25) is 4.79 Å². The highest BCUT2D eigenvalue weighted by atomic mass is 35.5. The van der Waals surface area contributed by atoms with Gasteiger partial charge in [-0.2, -0.15) is 0 Å². The molecule has 0 amide bonds. The average molecular weight is 190 g/mol. The summed E-state index contributed by atoms with van der Waals surface area (Å²) in [6, 6.07) is 0.234. The number of piperidine rings is 1. The molecular weight excluding hydrogens is 174 g/mol. The molecule has 0 radical (unpaired) electrons. The molecule has 1 aliphatic carbocycles. The van der Waals surface area contributed by atoms with Gasteiger partial charge in [0.25, 0.3) is 0 Å². The summed E-state index contributed by atoms with van der Waals surface area (Å²) in [6.45, 7) is 1.05. The van der Waals surface area contributed by atoms with Gasteiger partial charge in [-0.25, -0.2) is 0 Å². The van der Waals surface area contributed by atoms with E-state index >= 15 is 0 Å². The predicted octanol–water partition coefficient (Wildman–Crippen LogP) is 1.53. The molecule has 3 heteroatoms. The van der Waals surface area contributed by atoms with Gasteiger partial charge in [-0.1, -0.05) is 6.42 Å². The van der Waals surface area contributed by atoms with E-state index in [4.69, 9.17) is 0 Å². The molecule has 1 N–H and O–H groups in total. The van der Waals surface area contributed by atoms with Gasteiger partial charge >= 0.3 is 0 Å². The molecule has 2 nitrogen and oxygen atoms in total. The summed E-state index contributed by atoms with van der Waals surface area (Å²) in [5.74, 6) is 1.14. The normalized spacial score (nSPS) is 30.7. The Morgan fingerprint density at radius 1 is 1.25 bits per heavy atom. The first-order valence-corrected chi connectivity index (χ1v) is 4.64. The lowest BCUT2D eigenvalue weighted by atomic mass is 9.76. The minimum Gasteiger partial charge on any atom is -0.307 e. The van der Waals surface area contributed by atoms with Gasteiger partial charge in [0.05, 0.1) is 6.04 Å². The van der Waals surface area contributed by atoms with Gasteiger partial charge in [0.2, 0.25) is 0 Å². The van der Waals surface area contributed by atoms with Crippen molar-refractivity contribution in [3.8, 4) is 0 Å². The molecule has 1 saturated heterocycles. The Bertz CT molecular complexity index is 168. The predicted molar refractivity (Wildman–Crippen MR) is 50.6 cm³/mol. The molecule has 1 saturated carbocycles. The lowest BCUT2D eigenvalue weighted by Gasteiger charge is -2.35. The highest BCUT2D eigenvalue weighted by molar-refractivity contribution is 5.85. The van der Waals surface area contributed by atoms with Crippen LogP contribution < -0.4 is 5.32 Å². The Balaban J connectivity index is 0.000000720. The molecule has 1 unspecified atom stereocenters. The SMILES string of the molecule is Cl.O=C1CCCNC1C1CCC1. The van der Waals surface area contributed by atoms with Crippen LogP contribution in [0.5, 0.6) is 0 Å². The molecule has 0 spiro atoms. The van der Waals surface area contributed by atoms with Crippen LogP contribution in [0.25, 0.3) is 0 Å². The molecule has 1 aliphatic heterocycles. The Morgan fingerprint density at radius 2 is 2.00 bits per heavy atom. The zero-order valence-electron chi connectivity index (χ0n) is 7.21. The van der Waals surface area contributed by atoms with E-state index in [-0.39, 0.29) is 18.4 Å². The number of hydrogen-bond acceptors (Lipinski definition) is 2. The van der Waals surface area contributed by atoms with Gasteiger partial charge in [-0.05, 0) is 31.7 Å². The lowest BCUT2D eigenvalue weighted by molar-refractivity contribution is -0.124. The summed E-state index contributed by atoms with van der Waals surface area (Å²) in [5, 5.41) is 3.32. The van der Waals surface area contributed by atoms with Crippen LogP contribution in [0.1, 0.15) is 32.1 Å². The third kappa shape index (κ3) is 1.80. The van der Waals surface area contributed by atoms with Crippen LogP contribution in [0.2, 0.25) is 0 Å². The molecule has 2 rings (SSSR count). The largest absolute Gasteiger partial charge is 0.307 e. The second-order valence-corrected chi connectivity index (χ2v) is 3.69. The summed E-state index contributed by atoms with van der Waals surface area (Å²) < 4.78 is 0. The fraction of sp³-hybridized carbons (Fsp3) is 0.889. The number of hydrogen-bond donors (Lipinski definition) is 1. The topological polar surface area (TPSA) is 29.1 Å². The van der Waals surface area contributed by atoms with Gasteiger partial charge in [0.15, 0.2) is 0 Å². The van der Waals surface area contributed by atoms with Gasteiger partial charge < -0.3 is 5.32 Å². The van der Waals surface area contributed by atoms with E-state index in [0.29, 0.717) is 11.7 Å². The number of carbonyl (C=O) groups excluding carboxylic acids is 1. The Labute approximate surface area is 79.5 Å². The van der Waals surface area contributed by atoms with Crippen molar-refractivity contribution in [2.24, 2.45) is 5.92 Å². The smallest absolute Gasteiger partial charge is 0.150 e. The van der Waals surface area contributed by atoms with Gasteiger partial charge in [-0.15, -0.1) is 12.4 Å². The summed E-state index contributed by atoms with van der Waals surface area (Å²) in [6.07, 6.45) is 5.72. The second-order valence-electron chi connectivity index (χ2n) is 3.69. The third-order valence-corrected chi connectivity index (χ3v) is 2.93. The van der Waals surface area contributed by atoms with E-state index in [1.807, 2.05) is 0 Å². The molecule has 12 heavy (non-hydrogen) atoms. The highest BCUT2D eigenvalue weighted by Gasteiger charge is 2.33. The van der Waals surface area contributed by atoms with E-state index in [2.05, 4.69) is 5.32 Å². The first-order chi connectivity index (χ1) is 5.38. The van der Waals surface area contributed by atoms with Crippen LogP contribution in [-0.2, 0) is 4.79 Å². The molecular formula is C9H16ClNO. The summed E-state index contributed by atoms with van der Waals surface area (Å²) in [5.41, 5.74) is 0. The van der Waals surface area contributed by atoms with Crippen LogP contribution in [0.4, 0.5) is 0 Å². The third-order valence-electron chi connectivity index (χ3n) is 2.93. The number of ketones is 1. The van der Waals surface area contributed by atoms with Crippen molar-refractivity contribution in [2.45, 2.75) is 38.1 Å². The molecule has 1 atom stereocenters. The fourth-order valence-electron chi connectivity index (χ4n) is 1.99. The lowest BCUT2D eigenvalue weighted by Crippen LogP contribution is -2.48. The first-order valence-electron chi connectivity index (χ1n) is 4.64. The summed E-state index contributed by atoms with van der Waals surface area (Å²) >= 11 is 0. The van der Waals surface area contributed by atoms with E-state index in [1.165, 1.54) is 19.3 Å². The quantitative estimate of drug-likeness (QED) is 0.678. The molecule has 0 aromatic carbocycles. The van der Waals surface area contributed by atoms with E-state index in [9.17, 15) is 4.79 Å². The van der Waals surface area contributed by atoms with Crippen molar-refractivity contribution in [1.29, 1.82) is 0 Å². The van der Waals surface area contributed by atoms with Crippen LogP contribution in [0.3, 0.4) is 0 Å². The molecule has 0 aromatic rings. The monoisotopic (exact) mass is 189 g/mol. The minimum atomic E-state index is 0. The zero-order valence-corrected chi connectivity index (χ0v) is 8.03. The summed E-state index contributed by atoms with van der Waals surface area (Å²) in [4.78, 5) is 11.4. The van der Waals surface area contributed by atoms with Crippen molar-refractivity contribution in [3.63, 3.8) is 0 Å². The number of carbonyl (C=O) groups is 1. The van der Waals surface area contributed by atoms with Crippen molar-refractivity contribution in [1.82, 2.24) is 5.32 Å². The zero-order chi connectivity index (χ0) is 7.68. The van der Waals surface area contributed by atoms with Crippen molar-refractivity contribution in [3.05, 3.63) is 0 Å². The minimum absolute atomic E-state index is 0. The molecule has 0 aromatic heterocycles. The molecule has 2 aliphatic rings. The van der Waals surface area contributed by atoms with Gasteiger partial charge in [0.1, 0.15) is 5.78 Å². The van der Waals surface area contributed by atoms with E-state index in [1.54, 1.807) is 0 Å². The molecule has 0 bridgehead atoms. The highest BCUT2D eigenvalue weighted by Crippen LogP contribution is 2.31. The maximum absolute atomic E-state index is 11.4. The van der Waals surface area contributed by atoms with Gasteiger partial charge in [0, 0.05) is 6.42 Å². The number of nitrogens with one attached hydrogen (secondary N) is 1. The summed E-state index contributed by atoms with van der Waals surface area (Å²) in [7, 11) is 0. The maximum atomic E-state index is 11.4. The Morgan fingerprint density at radius 3 is 2.50 bits per heavy atom. The maximum Gasteiger partial charge on any atom is 0.150 e. The standard InChI is InChI=1S/C9H15NO.ClH/c11-8-5-2-6-10-9(8)7-3-1-4-7;/h7,9-10H,1-6H2;1H. The Kier molecular flexibility index (Phi) is 3.53. The van der Waals surface area contributed by atoms with E-state index < -0.39 is 0 Å². The van der Waals surface area contributed by atoms with Crippen LogP contribution in [0.15, 0.2) is 0 Å².